The predicted molar refractivity (Wildman–Crippen MR) is 68.0 cm³/mol. The van der Waals surface area contributed by atoms with Crippen LogP contribution in [0.1, 0.15) is 30.4 Å². The van der Waals surface area contributed by atoms with Crippen molar-refractivity contribution >= 4 is 16.7 Å². The number of nitrogens with one attached hydrogen (secondary N) is 1. The first-order chi connectivity index (χ1) is 8.56. The van der Waals surface area contributed by atoms with Crippen molar-refractivity contribution in [3.05, 3.63) is 40.3 Å². The van der Waals surface area contributed by atoms with Gasteiger partial charge in [-0.1, -0.05) is 18.2 Å². The van der Waals surface area contributed by atoms with E-state index >= 15 is 0 Å². The van der Waals surface area contributed by atoms with Crippen molar-refractivity contribution in [3.63, 3.8) is 0 Å². The summed E-state index contributed by atoms with van der Waals surface area (Å²) in [6.07, 6.45) is 0. The van der Waals surface area contributed by atoms with E-state index in [0.29, 0.717) is 10.8 Å². The van der Waals surface area contributed by atoms with Gasteiger partial charge in [0.2, 0.25) is 0 Å². The summed E-state index contributed by atoms with van der Waals surface area (Å²) >= 11 is 0. The minimum atomic E-state index is -0.513. The molecule has 1 aromatic carbocycles. The van der Waals surface area contributed by atoms with Crippen LogP contribution < -0.4 is 16.8 Å². The van der Waals surface area contributed by atoms with Crippen molar-refractivity contribution in [3.8, 4) is 0 Å². The van der Waals surface area contributed by atoms with Gasteiger partial charge < -0.3 is 0 Å². The first kappa shape index (κ1) is 12.3. The first-order valence-electron chi connectivity index (χ1n) is 5.58. The van der Waals surface area contributed by atoms with Gasteiger partial charge in [0.1, 0.15) is 0 Å². The number of aromatic nitrogens is 2. The van der Waals surface area contributed by atoms with Gasteiger partial charge >= 0.3 is 0 Å². The van der Waals surface area contributed by atoms with Crippen LogP contribution >= 0.6 is 0 Å². The van der Waals surface area contributed by atoms with Crippen molar-refractivity contribution < 1.29 is 4.79 Å². The van der Waals surface area contributed by atoms with Gasteiger partial charge in [-0.05, 0) is 19.9 Å². The van der Waals surface area contributed by atoms with Gasteiger partial charge in [-0.25, -0.2) is 10.5 Å². The lowest BCUT2D eigenvalue weighted by atomic mass is 10.1. The zero-order valence-electron chi connectivity index (χ0n) is 10.2. The standard InChI is InChI=1S/C12H14N4O2/c1-7(2)16-12(18)9-6-4-3-5-8(9)10(15-16)11(17)14-13/h3-7H,13H2,1-2H3,(H,14,17). The number of nitrogens with zero attached hydrogens (tertiary/aromatic N) is 2. The van der Waals surface area contributed by atoms with E-state index in [-0.39, 0.29) is 17.3 Å². The third-order valence-corrected chi connectivity index (χ3v) is 2.66. The molecule has 94 valence electrons. The molecule has 0 radical (unpaired) electrons. The van der Waals surface area contributed by atoms with Crippen LogP contribution in [0.5, 0.6) is 0 Å². The summed E-state index contributed by atoms with van der Waals surface area (Å²) < 4.78 is 1.28. The number of hydrazine groups is 1. The molecule has 0 aliphatic heterocycles. The molecule has 6 heteroatoms. The molecule has 0 fully saturated rings. The highest BCUT2D eigenvalue weighted by molar-refractivity contribution is 6.04. The topological polar surface area (TPSA) is 90.0 Å². The molecule has 3 N–H and O–H groups in total. The van der Waals surface area contributed by atoms with Gasteiger partial charge in [-0.3, -0.25) is 15.0 Å². The van der Waals surface area contributed by atoms with Crippen molar-refractivity contribution in [2.45, 2.75) is 19.9 Å². The van der Waals surface area contributed by atoms with Gasteiger partial charge in [-0.2, -0.15) is 5.10 Å². The first-order valence-corrected chi connectivity index (χ1v) is 5.58. The van der Waals surface area contributed by atoms with Crippen LogP contribution in [0.25, 0.3) is 10.8 Å². The Hall–Kier alpha value is -2.21. The number of carbonyl (C=O) groups excluding carboxylic acids is 1. The Morgan fingerprint density at radius 2 is 1.94 bits per heavy atom. The Kier molecular flexibility index (Phi) is 3.12. The van der Waals surface area contributed by atoms with E-state index in [1.165, 1.54) is 4.68 Å². The Bertz CT molecular complexity index is 661. The molecule has 1 heterocycles. The van der Waals surface area contributed by atoms with Gasteiger partial charge in [0, 0.05) is 5.39 Å². The van der Waals surface area contributed by atoms with Gasteiger partial charge in [0.15, 0.2) is 5.69 Å². The molecule has 0 unspecified atom stereocenters. The number of nitrogen functional groups attached to an aromatic ring is 1. The van der Waals surface area contributed by atoms with E-state index < -0.39 is 5.91 Å². The number of nitrogens with two attached hydrogens (primary N) is 1. The van der Waals surface area contributed by atoms with Crippen molar-refractivity contribution in [1.82, 2.24) is 15.2 Å². The van der Waals surface area contributed by atoms with Crippen LogP contribution in [-0.4, -0.2) is 15.7 Å². The quantitative estimate of drug-likeness (QED) is 0.461. The Morgan fingerprint density at radius 3 is 2.50 bits per heavy atom. The predicted octanol–water partition coefficient (Wildman–Crippen LogP) is 0.581. The minimum absolute atomic E-state index is 0.133. The lowest BCUT2D eigenvalue weighted by Crippen LogP contribution is -2.34. The smallest absolute Gasteiger partial charge is 0.286 e. The fraction of sp³-hybridized carbons (Fsp3) is 0.250. The summed E-state index contributed by atoms with van der Waals surface area (Å²) in [6, 6.07) is 6.71. The van der Waals surface area contributed by atoms with Gasteiger partial charge in [0.05, 0.1) is 11.4 Å². The number of hydrogen-bond donors (Lipinski definition) is 2. The summed E-state index contributed by atoms with van der Waals surface area (Å²) in [7, 11) is 0. The Labute approximate surface area is 103 Å². The lowest BCUT2D eigenvalue weighted by Gasteiger charge is -2.12. The number of rotatable bonds is 2. The number of fused-ring (bicyclic) bond motifs is 1. The third-order valence-electron chi connectivity index (χ3n) is 2.66. The van der Waals surface area contributed by atoms with Crippen LogP contribution in [0.3, 0.4) is 0 Å². The monoisotopic (exact) mass is 246 g/mol. The van der Waals surface area contributed by atoms with Crippen LogP contribution in [0.2, 0.25) is 0 Å². The largest absolute Gasteiger partial charge is 0.289 e. The van der Waals surface area contributed by atoms with E-state index in [0.717, 1.165) is 0 Å². The average Bonchev–Trinajstić information content (AvgIpc) is 2.38. The van der Waals surface area contributed by atoms with Crippen LogP contribution in [0.15, 0.2) is 29.1 Å². The summed E-state index contributed by atoms with van der Waals surface area (Å²) in [5, 5.41) is 5.04. The third kappa shape index (κ3) is 1.86. The fourth-order valence-electron chi connectivity index (χ4n) is 1.79. The molecule has 0 aliphatic carbocycles. The molecule has 0 bridgehead atoms. The molecule has 0 atom stereocenters. The fourth-order valence-corrected chi connectivity index (χ4v) is 1.79. The summed E-state index contributed by atoms with van der Waals surface area (Å²) in [4.78, 5) is 23.9. The second-order valence-corrected chi connectivity index (χ2v) is 4.21. The van der Waals surface area contributed by atoms with Crippen LogP contribution in [0, 0.1) is 0 Å². The van der Waals surface area contributed by atoms with Gasteiger partial charge in [0.25, 0.3) is 11.5 Å². The highest BCUT2D eigenvalue weighted by Gasteiger charge is 2.16. The number of hydrogen-bond acceptors (Lipinski definition) is 4. The van der Waals surface area contributed by atoms with E-state index in [1.54, 1.807) is 24.3 Å². The summed E-state index contributed by atoms with van der Waals surface area (Å²) in [6.45, 7) is 3.65. The molecular formula is C12H14N4O2. The second kappa shape index (κ2) is 4.58. The molecule has 0 aliphatic rings. The van der Waals surface area contributed by atoms with Crippen molar-refractivity contribution in [1.29, 1.82) is 0 Å². The van der Waals surface area contributed by atoms with Crippen LogP contribution in [-0.2, 0) is 0 Å². The molecule has 1 amide bonds. The van der Waals surface area contributed by atoms with E-state index in [2.05, 4.69) is 5.10 Å². The maximum absolute atomic E-state index is 12.2. The number of benzene rings is 1. The van der Waals surface area contributed by atoms with E-state index in [1.807, 2.05) is 19.3 Å². The zero-order valence-corrected chi connectivity index (χ0v) is 10.2. The molecule has 6 nitrogen and oxygen atoms in total. The number of amides is 1. The number of carbonyl (C=O) groups is 1. The van der Waals surface area contributed by atoms with E-state index in [9.17, 15) is 9.59 Å². The Balaban J connectivity index is 2.89. The minimum Gasteiger partial charge on any atom is -0.289 e. The molecule has 0 spiro atoms. The lowest BCUT2D eigenvalue weighted by molar-refractivity contribution is 0.0948. The highest BCUT2D eigenvalue weighted by atomic mass is 16.2. The summed E-state index contributed by atoms with van der Waals surface area (Å²) in [5.74, 6) is 4.62. The molecule has 2 aromatic rings. The average molecular weight is 246 g/mol. The highest BCUT2D eigenvalue weighted by Crippen LogP contribution is 2.14. The summed E-state index contributed by atoms with van der Waals surface area (Å²) in [5.41, 5.74) is 1.98. The van der Waals surface area contributed by atoms with Crippen LogP contribution in [0.4, 0.5) is 0 Å². The Morgan fingerprint density at radius 1 is 1.33 bits per heavy atom. The molecule has 0 saturated heterocycles. The molecular weight excluding hydrogens is 232 g/mol. The van der Waals surface area contributed by atoms with Crippen molar-refractivity contribution in [2.24, 2.45) is 5.84 Å². The SMILES string of the molecule is CC(C)n1nc(C(=O)NN)c2ccccc2c1=O. The molecule has 2 rings (SSSR count). The second-order valence-electron chi connectivity index (χ2n) is 4.21. The normalized spacial score (nSPS) is 10.9. The molecule has 1 aromatic heterocycles. The molecule has 18 heavy (non-hydrogen) atoms. The molecule has 0 saturated carbocycles. The van der Waals surface area contributed by atoms with E-state index in [4.69, 9.17) is 5.84 Å². The zero-order chi connectivity index (χ0) is 13.3. The van der Waals surface area contributed by atoms with Crippen molar-refractivity contribution in [2.75, 3.05) is 0 Å². The van der Waals surface area contributed by atoms with Gasteiger partial charge in [-0.15, -0.1) is 0 Å². The maximum Gasteiger partial charge on any atom is 0.286 e. The maximum atomic E-state index is 12.2.